The van der Waals surface area contributed by atoms with E-state index in [2.05, 4.69) is 13.8 Å². The first-order valence-electron chi connectivity index (χ1n) is 9.76. The molecule has 4 aliphatic rings. The molecule has 128 valence electrons. The van der Waals surface area contributed by atoms with Gasteiger partial charge in [0.2, 0.25) is 0 Å². The maximum absolute atomic E-state index is 13.2. The summed E-state index contributed by atoms with van der Waals surface area (Å²) in [5.41, 5.74) is 0.0947. The van der Waals surface area contributed by atoms with Crippen molar-refractivity contribution >= 4 is 11.6 Å². The van der Waals surface area contributed by atoms with Crippen LogP contribution in [0.1, 0.15) is 79.1 Å². The molecule has 2 heteroatoms. The molecule has 0 aromatic heterocycles. The molecule has 0 spiro atoms. The molecule has 0 aromatic carbocycles. The molecule has 4 rings (SSSR count). The Bertz CT molecular complexity index is 562. The monoisotopic (exact) mass is 316 g/mol. The summed E-state index contributed by atoms with van der Waals surface area (Å²) < 4.78 is 0. The number of ketones is 2. The molecule has 4 fully saturated rings. The molecule has 0 radical (unpaired) electrons. The molecule has 0 aromatic rings. The summed E-state index contributed by atoms with van der Waals surface area (Å²) in [6.45, 7) is 8.92. The van der Waals surface area contributed by atoms with Gasteiger partial charge in [-0.05, 0) is 60.7 Å². The Morgan fingerprint density at radius 3 is 2.39 bits per heavy atom. The zero-order valence-electron chi connectivity index (χ0n) is 15.3. The van der Waals surface area contributed by atoms with E-state index in [1.54, 1.807) is 0 Å². The van der Waals surface area contributed by atoms with Crippen molar-refractivity contribution in [3.63, 3.8) is 0 Å². The topological polar surface area (TPSA) is 34.1 Å². The van der Waals surface area contributed by atoms with Crippen LogP contribution in [-0.2, 0) is 9.59 Å². The molecule has 2 nitrogen and oxygen atoms in total. The van der Waals surface area contributed by atoms with Gasteiger partial charge in [0.25, 0.3) is 0 Å². The molecule has 4 aliphatic carbocycles. The number of hydrogen-bond donors (Lipinski definition) is 0. The van der Waals surface area contributed by atoms with E-state index in [-0.39, 0.29) is 11.3 Å². The SMILES string of the molecule is CC12CCCC1C1CC(=O)[C@H]3C(C)(C)C(=O)CCC3(C)C1CC2. The van der Waals surface area contributed by atoms with Crippen molar-refractivity contribution in [2.24, 2.45) is 39.9 Å². The zero-order chi connectivity index (χ0) is 16.6. The molecule has 4 saturated carbocycles. The summed E-state index contributed by atoms with van der Waals surface area (Å²) in [6.07, 6.45) is 9.03. The van der Waals surface area contributed by atoms with E-state index >= 15 is 0 Å². The zero-order valence-corrected chi connectivity index (χ0v) is 15.3. The highest BCUT2D eigenvalue weighted by Crippen LogP contribution is 2.67. The number of fused-ring (bicyclic) bond motifs is 5. The van der Waals surface area contributed by atoms with Crippen molar-refractivity contribution in [3.8, 4) is 0 Å². The fourth-order valence-corrected chi connectivity index (χ4v) is 7.74. The van der Waals surface area contributed by atoms with Crippen LogP contribution >= 0.6 is 0 Å². The number of hydrogen-bond acceptors (Lipinski definition) is 2. The van der Waals surface area contributed by atoms with E-state index in [1.165, 1.54) is 32.1 Å². The first kappa shape index (κ1) is 15.8. The lowest BCUT2D eigenvalue weighted by molar-refractivity contribution is -0.173. The molecular weight excluding hydrogens is 284 g/mol. The molecule has 23 heavy (non-hydrogen) atoms. The van der Waals surface area contributed by atoms with Crippen LogP contribution in [0.4, 0.5) is 0 Å². The summed E-state index contributed by atoms with van der Waals surface area (Å²) in [4.78, 5) is 25.7. The van der Waals surface area contributed by atoms with Crippen LogP contribution in [0.15, 0.2) is 0 Å². The van der Waals surface area contributed by atoms with E-state index < -0.39 is 5.41 Å². The highest BCUT2D eigenvalue weighted by atomic mass is 16.1. The lowest BCUT2D eigenvalue weighted by Gasteiger charge is -2.61. The average Bonchev–Trinajstić information content (AvgIpc) is 2.85. The molecular formula is C21H32O2. The van der Waals surface area contributed by atoms with Gasteiger partial charge in [-0.25, -0.2) is 0 Å². The van der Waals surface area contributed by atoms with Gasteiger partial charge in [0, 0.05) is 24.2 Å². The van der Waals surface area contributed by atoms with Crippen molar-refractivity contribution in [1.29, 1.82) is 0 Å². The summed E-state index contributed by atoms with van der Waals surface area (Å²) in [7, 11) is 0. The first-order chi connectivity index (χ1) is 10.7. The van der Waals surface area contributed by atoms with Gasteiger partial charge in [0.15, 0.2) is 0 Å². The van der Waals surface area contributed by atoms with Gasteiger partial charge >= 0.3 is 0 Å². The maximum atomic E-state index is 13.2. The standard InChI is InChI=1S/C21H32O2/c1-19(2)17(23)8-11-21(4)15-7-10-20(3)9-5-6-14(20)13(15)12-16(22)18(19)21/h13-15,18H,5-12H2,1-4H3/t13?,14?,15?,18-,20?,21?/m0/s1. The van der Waals surface area contributed by atoms with Gasteiger partial charge in [0.1, 0.15) is 11.6 Å². The van der Waals surface area contributed by atoms with Crippen LogP contribution in [0.25, 0.3) is 0 Å². The largest absolute Gasteiger partial charge is 0.299 e. The van der Waals surface area contributed by atoms with Crippen molar-refractivity contribution < 1.29 is 9.59 Å². The van der Waals surface area contributed by atoms with Gasteiger partial charge < -0.3 is 0 Å². The van der Waals surface area contributed by atoms with E-state index in [1.807, 2.05) is 13.8 Å². The minimum atomic E-state index is -0.453. The highest BCUT2D eigenvalue weighted by Gasteiger charge is 2.64. The van der Waals surface area contributed by atoms with E-state index in [0.717, 1.165) is 18.8 Å². The second-order valence-electron chi connectivity index (χ2n) is 10.2. The summed E-state index contributed by atoms with van der Waals surface area (Å²) in [6, 6.07) is 0. The van der Waals surface area contributed by atoms with E-state index in [4.69, 9.17) is 0 Å². The third-order valence-electron chi connectivity index (χ3n) is 8.81. The van der Waals surface area contributed by atoms with Crippen LogP contribution in [0.5, 0.6) is 0 Å². The predicted molar refractivity (Wildman–Crippen MR) is 90.9 cm³/mol. The van der Waals surface area contributed by atoms with Crippen LogP contribution in [-0.4, -0.2) is 11.6 Å². The first-order valence-corrected chi connectivity index (χ1v) is 9.76. The Labute approximate surface area is 140 Å². The number of carbonyl (C=O) groups excluding carboxylic acids is 2. The third-order valence-corrected chi connectivity index (χ3v) is 8.81. The van der Waals surface area contributed by atoms with Gasteiger partial charge in [-0.1, -0.05) is 34.1 Å². The lowest BCUT2D eigenvalue weighted by atomic mass is 9.41. The normalized spacial score (nSPS) is 51.8. The Kier molecular flexibility index (Phi) is 3.24. The Morgan fingerprint density at radius 2 is 1.65 bits per heavy atom. The Balaban J connectivity index is 1.75. The molecule has 5 unspecified atom stereocenters. The number of carbonyl (C=O) groups is 2. The van der Waals surface area contributed by atoms with Crippen molar-refractivity contribution in [3.05, 3.63) is 0 Å². The van der Waals surface area contributed by atoms with E-state index in [9.17, 15) is 9.59 Å². The Hall–Kier alpha value is -0.660. The maximum Gasteiger partial charge on any atom is 0.139 e. The second kappa shape index (κ2) is 4.70. The van der Waals surface area contributed by atoms with Gasteiger partial charge in [-0.2, -0.15) is 0 Å². The number of Topliss-reactive ketones (excluding diaryl/α,β-unsaturated/α-hetero) is 2. The minimum absolute atomic E-state index is 0.0386. The van der Waals surface area contributed by atoms with Gasteiger partial charge in [-0.3, -0.25) is 9.59 Å². The van der Waals surface area contributed by atoms with Crippen LogP contribution < -0.4 is 0 Å². The summed E-state index contributed by atoms with van der Waals surface area (Å²) in [5, 5.41) is 0. The quantitative estimate of drug-likeness (QED) is 0.643. The fraction of sp³-hybridized carbons (Fsp3) is 0.905. The summed E-state index contributed by atoms with van der Waals surface area (Å²) in [5.74, 6) is 2.69. The van der Waals surface area contributed by atoms with E-state index in [0.29, 0.717) is 35.2 Å². The summed E-state index contributed by atoms with van der Waals surface area (Å²) >= 11 is 0. The number of rotatable bonds is 0. The van der Waals surface area contributed by atoms with Crippen molar-refractivity contribution in [2.45, 2.75) is 79.1 Å². The predicted octanol–water partition coefficient (Wildman–Crippen LogP) is 4.80. The van der Waals surface area contributed by atoms with Crippen LogP contribution in [0, 0.1) is 39.9 Å². The van der Waals surface area contributed by atoms with Crippen LogP contribution in [0.3, 0.4) is 0 Å². The molecule has 0 amide bonds. The minimum Gasteiger partial charge on any atom is -0.299 e. The fourth-order valence-electron chi connectivity index (χ4n) is 7.74. The average molecular weight is 316 g/mol. The molecule has 6 atom stereocenters. The highest BCUT2D eigenvalue weighted by molar-refractivity contribution is 5.94. The van der Waals surface area contributed by atoms with Gasteiger partial charge in [0.05, 0.1) is 0 Å². The third kappa shape index (κ3) is 1.93. The molecule has 0 heterocycles. The Morgan fingerprint density at radius 1 is 0.913 bits per heavy atom. The van der Waals surface area contributed by atoms with Crippen molar-refractivity contribution in [1.82, 2.24) is 0 Å². The van der Waals surface area contributed by atoms with Gasteiger partial charge in [-0.15, -0.1) is 0 Å². The molecule has 0 bridgehead atoms. The second-order valence-corrected chi connectivity index (χ2v) is 10.2. The molecule has 0 saturated heterocycles. The molecule has 0 N–H and O–H groups in total. The van der Waals surface area contributed by atoms with Crippen LogP contribution in [0.2, 0.25) is 0 Å². The van der Waals surface area contributed by atoms with Crippen molar-refractivity contribution in [2.75, 3.05) is 0 Å². The molecule has 0 aliphatic heterocycles. The lowest BCUT2D eigenvalue weighted by Crippen LogP contribution is -2.61. The smallest absolute Gasteiger partial charge is 0.139 e.